The molecule has 2 nitrogen and oxygen atoms in total. The molecule has 0 aromatic carbocycles. The van der Waals surface area contributed by atoms with Crippen LogP contribution in [0, 0.1) is 11.8 Å². The lowest BCUT2D eigenvalue weighted by atomic mass is 9.60. The van der Waals surface area contributed by atoms with E-state index in [-0.39, 0.29) is 16.7 Å². The Balaban J connectivity index is 2.28. The van der Waals surface area contributed by atoms with Crippen molar-refractivity contribution in [3.05, 3.63) is 0 Å². The lowest BCUT2D eigenvalue weighted by Crippen LogP contribution is -2.59. The largest absolute Gasteiger partial charge is 0.369 e. The number of hydrogen-bond donors (Lipinski definition) is 1. The van der Waals surface area contributed by atoms with Gasteiger partial charge in [0, 0.05) is 11.5 Å². The fourth-order valence-electron chi connectivity index (χ4n) is 4.74. The monoisotopic (exact) mass is 253 g/mol. The van der Waals surface area contributed by atoms with Gasteiger partial charge in [0.05, 0.1) is 11.2 Å². The SMILES string of the molecule is CCC1CCCCC1(N)C1CC(C)(C)OC1(C)C. The minimum absolute atomic E-state index is 0.00965. The van der Waals surface area contributed by atoms with E-state index in [1.807, 2.05) is 0 Å². The molecular formula is C16H31NO. The number of hydrogen-bond acceptors (Lipinski definition) is 2. The highest BCUT2D eigenvalue weighted by Crippen LogP contribution is 2.52. The maximum absolute atomic E-state index is 6.94. The van der Waals surface area contributed by atoms with E-state index in [9.17, 15) is 0 Å². The number of nitrogens with two attached hydrogens (primary N) is 1. The van der Waals surface area contributed by atoms with Crippen molar-refractivity contribution in [1.29, 1.82) is 0 Å². The van der Waals surface area contributed by atoms with Crippen LogP contribution in [0.25, 0.3) is 0 Å². The highest BCUT2D eigenvalue weighted by molar-refractivity contribution is 5.09. The smallest absolute Gasteiger partial charge is 0.0680 e. The molecule has 1 saturated carbocycles. The molecule has 0 radical (unpaired) electrons. The molecule has 1 aliphatic heterocycles. The fraction of sp³-hybridized carbons (Fsp3) is 1.00. The summed E-state index contributed by atoms with van der Waals surface area (Å²) in [6.45, 7) is 11.2. The number of rotatable bonds is 2. The lowest BCUT2D eigenvalue weighted by Gasteiger charge is -2.49. The van der Waals surface area contributed by atoms with Gasteiger partial charge in [0.15, 0.2) is 0 Å². The minimum Gasteiger partial charge on any atom is -0.369 e. The predicted octanol–water partition coefficient (Wildman–Crippen LogP) is 3.88. The summed E-state index contributed by atoms with van der Waals surface area (Å²) in [5, 5.41) is 0. The zero-order valence-corrected chi connectivity index (χ0v) is 12.9. The Morgan fingerprint density at radius 1 is 1.17 bits per heavy atom. The van der Waals surface area contributed by atoms with E-state index >= 15 is 0 Å². The van der Waals surface area contributed by atoms with Crippen molar-refractivity contribution in [2.45, 2.75) is 89.9 Å². The van der Waals surface area contributed by atoms with Crippen molar-refractivity contribution in [2.24, 2.45) is 17.6 Å². The third-order valence-corrected chi connectivity index (χ3v) is 5.39. The molecule has 2 aliphatic rings. The van der Waals surface area contributed by atoms with E-state index in [0.717, 1.165) is 6.42 Å². The Labute approximate surface area is 113 Å². The van der Waals surface area contributed by atoms with Crippen LogP contribution >= 0.6 is 0 Å². The molecule has 0 aromatic heterocycles. The van der Waals surface area contributed by atoms with Gasteiger partial charge in [-0.25, -0.2) is 0 Å². The summed E-state index contributed by atoms with van der Waals surface area (Å²) in [5.41, 5.74) is 6.83. The Kier molecular flexibility index (Phi) is 3.57. The molecule has 2 heteroatoms. The van der Waals surface area contributed by atoms with Crippen molar-refractivity contribution < 1.29 is 4.74 Å². The second kappa shape index (κ2) is 4.49. The highest BCUT2D eigenvalue weighted by Gasteiger charge is 2.56. The van der Waals surface area contributed by atoms with Crippen LogP contribution in [0.1, 0.15) is 73.1 Å². The molecule has 2 rings (SSSR count). The van der Waals surface area contributed by atoms with Gasteiger partial charge in [-0.1, -0.05) is 26.2 Å². The summed E-state index contributed by atoms with van der Waals surface area (Å²) >= 11 is 0. The topological polar surface area (TPSA) is 35.2 Å². The van der Waals surface area contributed by atoms with Crippen molar-refractivity contribution in [3.63, 3.8) is 0 Å². The lowest BCUT2D eigenvalue weighted by molar-refractivity contribution is -0.0884. The van der Waals surface area contributed by atoms with Gasteiger partial charge in [-0.15, -0.1) is 0 Å². The Bertz CT molecular complexity index is 310. The maximum atomic E-state index is 6.94. The number of ether oxygens (including phenoxy) is 1. The Hall–Kier alpha value is -0.0800. The molecule has 0 spiro atoms. The molecule has 1 saturated heterocycles. The normalized spacial score (nSPS) is 43.0. The quantitative estimate of drug-likeness (QED) is 0.810. The van der Waals surface area contributed by atoms with Gasteiger partial charge in [-0.05, 0) is 52.9 Å². The standard InChI is InChI=1S/C16H31NO/c1-6-12-9-7-8-10-16(12,17)13-11-14(2,3)18-15(13,4)5/h12-13H,6-11,17H2,1-5H3. The summed E-state index contributed by atoms with van der Waals surface area (Å²) in [7, 11) is 0. The summed E-state index contributed by atoms with van der Waals surface area (Å²) in [4.78, 5) is 0. The molecule has 0 bridgehead atoms. The van der Waals surface area contributed by atoms with Gasteiger partial charge in [0.25, 0.3) is 0 Å². The van der Waals surface area contributed by atoms with Gasteiger partial charge in [-0.3, -0.25) is 0 Å². The second-order valence-corrected chi connectivity index (χ2v) is 7.69. The van der Waals surface area contributed by atoms with Crippen molar-refractivity contribution in [1.82, 2.24) is 0 Å². The molecule has 0 aromatic rings. The second-order valence-electron chi connectivity index (χ2n) is 7.69. The van der Waals surface area contributed by atoms with Crippen LogP contribution < -0.4 is 5.73 Å². The van der Waals surface area contributed by atoms with Crippen LogP contribution in [0.2, 0.25) is 0 Å². The van der Waals surface area contributed by atoms with Crippen LogP contribution in [0.3, 0.4) is 0 Å². The minimum atomic E-state index is -0.0803. The summed E-state index contributed by atoms with van der Waals surface area (Å²) in [6, 6.07) is 0. The first-order chi connectivity index (χ1) is 8.21. The molecular weight excluding hydrogens is 222 g/mol. The molecule has 1 aliphatic carbocycles. The van der Waals surface area contributed by atoms with Crippen molar-refractivity contribution >= 4 is 0 Å². The van der Waals surface area contributed by atoms with Gasteiger partial charge in [-0.2, -0.15) is 0 Å². The van der Waals surface area contributed by atoms with Crippen molar-refractivity contribution in [3.8, 4) is 0 Å². The van der Waals surface area contributed by atoms with Crippen LogP contribution in [-0.2, 0) is 4.74 Å². The Morgan fingerprint density at radius 3 is 2.33 bits per heavy atom. The molecule has 2 fully saturated rings. The maximum Gasteiger partial charge on any atom is 0.0680 e. The highest BCUT2D eigenvalue weighted by atomic mass is 16.5. The van der Waals surface area contributed by atoms with Gasteiger partial charge in [0.1, 0.15) is 0 Å². The fourth-order valence-corrected chi connectivity index (χ4v) is 4.74. The van der Waals surface area contributed by atoms with Crippen LogP contribution in [-0.4, -0.2) is 16.7 Å². The van der Waals surface area contributed by atoms with Crippen LogP contribution in [0.5, 0.6) is 0 Å². The third kappa shape index (κ3) is 2.34. The first-order valence-electron chi connectivity index (χ1n) is 7.70. The van der Waals surface area contributed by atoms with E-state index in [0.29, 0.717) is 11.8 Å². The third-order valence-electron chi connectivity index (χ3n) is 5.39. The van der Waals surface area contributed by atoms with Crippen molar-refractivity contribution in [2.75, 3.05) is 0 Å². The first-order valence-corrected chi connectivity index (χ1v) is 7.70. The first kappa shape index (κ1) is 14.3. The molecule has 1 heterocycles. The summed E-state index contributed by atoms with van der Waals surface area (Å²) in [6.07, 6.45) is 7.45. The van der Waals surface area contributed by atoms with E-state index in [1.165, 1.54) is 32.1 Å². The van der Waals surface area contributed by atoms with Crippen LogP contribution in [0.4, 0.5) is 0 Å². The average molecular weight is 253 g/mol. The molecule has 3 unspecified atom stereocenters. The van der Waals surface area contributed by atoms with Gasteiger partial charge in [0.2, 0.25) is 0 Å². The Morgan fingerprint density at radius 2 is 1.83 bits per heavy atom. The molecule has 0 amide bonds. The van der Waals surface area contributed by atoms with E-state index in [2.05, 4.69) is 34.6 Å². The zero-order chi connectivity index (χ0) is 13.6. The average Bonchev–Trinajstić information content (AvgIpc) is 2.48. The molecule has 106 valence electrons. The van der Waals surface area contributed by atoms with E-state index < -0.39 is 0 Å². The summed E-state index contributed by atoms with van der Waals surface area (Å²) < 4.78 is 6.28. The summed E-state index contributed by atoms with van der Waals surface area (Å²) in [5.74, 6) is 1.17. The molecule has 2 N–H and O–H groups in total. The van der Waals surface area contributed by atoms with Gasteiger partial charge < -0.3 is 10.5 Å². The zero-order valence-electron chi connectivity index (χ0n) is 12.9. The van der Waals surface area contributed by atoms with E-state index in [4.69, 9.17) is 10.5 Å². The molecule has 3 atom stereocenters. The van der Waals surface area contributed by atoms with Crippen LogP contribution in [0.15, 0.2) is 0 Å². The predicted molar refractivity (Wildman–Crippen MR) is 76.5 cm³/mol. The van der Waals surface area contributed by atoms with E-state index in [1.54, 1.807) is 0 Å². The van der Waals surface area contributed by atoms with Gasteiger partial charge >= 0.3 is 0 Å². The molecule has 18 heavy (non-hydrogen) atoms.